The van der Waals surface area contributed by atoms with Gasteiger partial charge in [0, 0.05) is 11.1 Å². The van der Waals surface area contributed by atoms with Crippen molar-refractivity contribution in [1.29, 1.82) is 0 Å². The number of aliphatic hydroxyl groups is 1. The molecule has 4 nitrogen and oxygen atoms in total. The minimum absolute atomic E-state index is 0.0377. The van der Waals surface area contributed by atoms with E-state index in [0.717, 1.165) is 12.8 Å². The van der Waals surface area contributed by atoms with E-state index in [1.54, 1.807) is 0 Å². The Morgan fingerprint density at radius 1 is 1.32 bits per heavy atom. The van der Waals surface area contributed by atoms with E-state index >= 15 is 0 Å². The number of hydrogen-bond acceptors (Lipinski definition) is 3. The predicted octanol–water partition coefficient (Wildman–Crippen LogP) is 2.56. The van der Waals surface area contributed by atoms with Crippen LogP contribution in [0.1, 0.15) is 25.3 Å². The van der Waals surface area contributed by atoms with Gasteiger partial charge >= 0.3 is 0 Å². The van der Waals surface area contributed by atoms with Crippen LogP contribution >= 0.6 is 23.2 Å². The van der Waals surface area contributed by atoms with E-state index in [4.69, 9.17) is 28.3 Å². The van der Waals surface area contributed by atoms with E-state index in [2.05, 4.69) is 11.6 Å². The Bertz CT molecular complexity index is 583. The number of nitrogens with one attached hydrogen (secondary N) is 1. The van der Waals surface area contributed by atoms with Crippen LogP contribution in [0.5, 0.6) is 0 Å². The Labute approximate surface area is 122 Å². The van der Waals surface area contributed by atoms with Crippen molar-refractivity contribution in [3.8, 4) is 0 Å². The third kappa shape index (κ3) is 3.23. The molecule has 1 aliphatic carbocycles. The van der Waals surface area contributed by atoms with E-state index < -0.39 is 10.0 Å². The van der Waals surface area contributed by atoms with Crippen molar-refractivity contribution in [2.75, 3.05) is 0 Å². The number of sulfonamides is 1. The number of aliphatic hydroxyl groups excluding tert-OH is 1. The Balaban J connectivity index is 2.29. The molecule has 0 atom stereocenters. The van der Waals surface area contributed by atoms with Crippen LogP contribution < -0.4 is 4.72 Å². The molecule has 0 radical (unpaired) electrons. The topological polar surface area (TPSA) is 66.4 Å². The molecule has 0 unspecified atom stereocenters. The van der Waals surface area contributed by atoms with E-state index in [1.165, 1.54) is 12.1 Å². The zero-order valence-corrected chi connectivity index (χ0v) is 12.7. The summed E-state index contributed by atoms with van der Waals surface area (Å²) in [6.07, 6.45) is 1.66. The average Bonchev–Trinajstić information content (AvgIpc) is 2.26. The number of halogens is 2. The van der Waals surface area contributed by atoms with Crippen LogP contribution in [-0.2, 0) is 16.6 Å². The van der Waals surface area contributed by atoms with Gasteiger partial charge in [-0.15, -0.1) is 0 Å². The summed E-state index contributed by atoms with van der Waals surface area (Å²) in [6, 6.07) is 2.62. The summed E-state index contributed by atoms with van der Waals surface area (Å²) in [5, 5.41) is 9.44. The largest absolute Gasteiger partial charge is 0.392 e. The lowest BCUT2D eigenvalue weighted by Gasteiger charge is -2.33. The van der Waals surface area contributed by atoms with E-state index in [1.807, 2.05) is 0 Å². The van der Waals surface area contributed by atoms with Crippen molar-refractivity contribution >= 4 is 33.2 Å². The van der Waals surface area contributed by atoms with Crippen molar-refractivity contribution < 1.29 is 13.5 Å². The maximum atomic E-state index is 12.2. The third-order valence-electron chi connectivity index (χ3n) is 3.26. The van der Waals surface area contributed by atoms with Gasteiger partial charge in [0.25, 0.3) is 0 Å². The summed E-state index contributed by atoms with van der Waals surface area (Å²) < 4.78 is 27.1. The minimum Gasteiger partial charge on any atom is -0.392 e. The molecule has 1 aromatic carbocycles. The Morgan fingerprint density at radius 2 is 1.95 bits per heavy atom. The summed E-state index contributed by atoms with van der Waals surface area (Å²) in [4.78, 5) is -0.0397. The van der Waals surface area contributed by atoms with Gasteiger partial charge in [0.15, 0.2) is 0 Å². The molecule has 1 saturated carbocycles. The van der Waals surface area contributed by atoms with Gasteiger partial charge in [0.05, 0.1) is 11.6 Å². The highest BCUT2D eigenvalue weighted by Gasteiger charge is 2.31. The molecule has 1 fully saturated rings. The zero-order valence-electron chi connectivity index (χ0n) is 10.4. The summed E-state index contributed by atoms with van der Waals surface area (Å²) in [5.41, 5.74) is 0.341. The molecule has 106 valence electrons. The lowest BCUT2D eigenvalue weighted by molar-refractivity contribution is 0.270. The lowest BCUT2D eigenvalue weighted by atomic mass is 9.83. The monoisotopic (exact) mass is 323 g/mol. The average molecular weight is 324 g/mol. The van der Waals surface area contributed by atoms with Crippen LogP contribution in [0.3, 0.4) is 0 Å². The second kappa shape index (κ2) is 5.58. The molecule has 0 bridgehead atoms. The SMILES string of the molecule is CC1CC(NS(=O)(=O)c2cc(CO)c(Cl)cc2Cl)C1. The van der Waals surface area contributed by atoms with Gasteiger partial charge in [-0.1, -0.05) is 30.1 Å². The van der Waals surface area contributed by atoms with E-state index in [0.29, 0.717) is 11.5 Å². The van der Waals surface area contributed by atoms with Crippen LogP contribution in [0, 0.1) is 5.92 Å². The van der Waals surface area contributed by atoms with Gasteiger partial charge in [-0.05, 0) is 36.5 Å². The van der Waals surface area contributed by atoms with Crippen LogP contribution in [0.15, 0.2) is 17.0 Å². The Kier molecular flexibility index (Phi) is 4.42. The summed E-state index contributed by atoms with van der Waals surface area (Å²) >= 11 is 11.8. The molecule has 0 amide bonds. The second-order valence-corrected chi connectivity index (χ2v) is 7.42. The Hall–Kier alpha value is -0.330. The Morgan fingerprint density at radius 3 is 2.47 bits per heavy atom. The summed E-state index contributed by atoms with van der Waals surface area (Å²) in [5.74, 6) is 0.543. The van der Waals surface area contributed by atoms with Crippen molar-refractivity contribution in [2.45, 2.75) is 37.3 Å². The van der Waals surface area contributed by atoms with Gasteiger partial charge < -0.3 is 5.11 Å². The molecule has 0 spiro atoms. The second-order valence-electron chi connectivity index (χ2n) is 4.93. The molecule has 0 aromatic heterocycles. The highest BCUT2D eigenvalue weighted by molar-refractivity contribution is 7.89. The summed E-state index contributed by atoms with van der Waals surface area (Å²) in [6.45, 7) is 1.74. The van der Waals surface area contributed by atoms with Crippen LogP contribution in [0.2, 0.25) is 10.0 Å². The minimum atomic E-state index is -3.68. The molecule has 0 aliphatic heterocycles. The normalized spacial score (nSPS) is 23.2. The van der Waals surface area contributed by atoms with Crippen molar-refractivity contribution in [3.05, 3.63) is 27.7 Å². The molecule has 1 aliphatic rings. The first-order valence-corrected chi connectivity index (χ1v) is 8.18. The van der Waals surface area contributed by atoms with Crippen LogP contribution in [0.4, 0.5) is 0 Å². The molecule has 1 aromatic rings. The standard InChI is InChI=1S/C12H15Cl2NO3S/c1-7-2-9(3-7)15-19(17,18)12-4-8(6-16)10(13)5-11(12)14/h4-5,7,9,15-16H,2-3,6H2,1H3. The van der Waals surface area contributed by atoms with Gasteiger partial charge in [-0.3, -0.25) is 0 Å². The zero-order chi connectivity index (χ0) is 14.2. The number of rotatable bonds is 4. The lowest BCUT2D eigenvalue weighted by Crippen LogP contribution is -2.43. The van der Waals surface area contributed by atoms with Crippen LogP contribution in [-0.4, -0.2) is 19.6 Å². The molecule has 0 heterocycles. The molecule has 19 heavy (non-hydrogen) atoms. The molecular weight excluding hydrogens is 309 g/mol. The fraction of sp³-hybridized carbons (Fsp3) is 0.500. The fourth-order valence-corrected chi connectivity index (χ4v) is 4.30. The van der Waals surface area contributed by atoms with E-state index in [-0.39, 0.29) is 27.6 Å². The van der Waals surface area contributed by atoms with Crippen molar-refractivity contribution in [3.63, 3.8) is 0 Å². The molecule has 0 saturated heterocycles. The van der Waals surface area contributed by atoms with Gasteiger partial charge in [-0.2, -0.15) is 0 Å². The first kappa shape index (κ1) is 15.1. The smallest absolute Gasteiger partial charge is 0.242 e. The van der Waals surface area contributed by atoms with Gasteiger partial charge in [-0.25, -0.2) is 13.1 Å². The van der Waals surface area contributed by atoms with E-state index in [9.17, 15) is 8.42 Å². The quantitative estimate of drug-likeness (QED) is 0.894. The first-order chi connectivity index (χ1) is 8.83. The maximum absolute atomic E-state index is 12.2. The van der Waals surface area contributed by atoms with Gasteiger partial charge in [0.1, 0.15) is 4.90 Å². The van der Waals surface area contributed by atoms with Crippen molar-refractivity contribution in [1.82, 2.24) is 4.72 Å². The first-order valence-electron chi connectivity index (χ1n) is 5.94. The maximum Gasteiger partial charge on any atom is 0.242 e. The van der Waals surface area contributed by atoms with Crippen LogP contribution in [0.25, 0.3) is 0 Å². The highest BCUT2D eigenvalue weighted by atomic mass is 35.5. The predicted molar refractivity (Wildman–Crippen MR) is 74.9 cm³/mol. The molecule has 2 rings (SSSR count). The number of benzene rings is 1. The highest BCUT2D eigenvalue weighted by Crippen LogP contribution is 2.31. The molecular formula is C12H15Cl2NO3S. The van der Waals surface area contributed by atoms with Gasteiger partial charge in [0.2, 0.25) is 10.0 Å². The summed E-state index contributed by atoms with van der Waals surface area (Å²) in [7, 11) is -3.68. The fourth-order valence-electron chi connectivity index (χ4n) is 2.18. The van der Waals surface area contributed by atoms with Crippen molar-refractivity contribution in [2.24, 2.45) is 5.92 Å². The molecule has 7 heteroatoms. The number of hydrogen-bond donors (Lipinski definition) is 2. The third-order valence-corrected chi connectivity index (χ3v) is 5.59. The molecule has 2 N–H and O–H groups in total.